The van der Waals surface area contributed by atoms with Crippen LogP contribution in [0, 0.1) is 0 Å². The van der Waals surface area contributed by atoms with Gasteiger partial charge in [0.05, 0.1) is 0 Å². The molecular weight excluding hydrogens is 375 g/mol. The smallest absolute Gasteiger partial charge is 0.471 e. The van der Waals surface area contributed by atoms with Gasteiger partial charge in [-0.25, -0.2) is 0 Å². The highest BCUT2D eigenvalue weighted by atomic mass is 19.4. The number of amides is 2. The standard InChI is InChI=1S/C19H24F3N3O3/c20-19(21,22)18(27)25-8-4-7-16(25)17(26)24-11-9-23(10-12-24)13-14-28-15-5-2-1-3-6-15/h1-3,5-6,16H,4,7-14H2. The van der Waals surface area contributed by atoms with Crippen LogP contribution in [0.25, 0.3) is 0 Å². The van der Waals surface area contributed by atoms with E-state index in [1.165, 1.54) is 0 Å². The molecule has 28 heavy (non-hydrogen) atoms. The van der Waals surface area contributed by atoms with Gasteiger partial charge in [-0.3, -0.25) is 14.5 Å². The number of halogens is 3. The van der Waals surface area contributed by atoms with Crippen molar-refractivity contribution in [3.8, 4) is 5.75 Å². The number of para-hydroxylation sites is 1. The molecule has 2 heterocycles. The third-order valence-electron chi connectivity index (χ3n) is 5.14. The Hall–Kier alpha value is -2.29. The molecule has 6 nitrogen and oxygen atoms in total. The predicted octanol–water partition coefficient (Wildman–Crippen LogP) is 1.76. The lowest BCUT2D eigenvalue weighted by Gasteiger charge is -2.37. The molecule has 0 spiro atoms. The number of carbonyl (C=O) groups excluding carboxylic acids is 2. The third kappa shape index (κ3) is 4.95. The van der Waals surface area contributed by atoms with Crippen molar-refractivity contribution >= 4 is 11.8 Å². The van der Waals surface area contributed by atoms with Gasteiger partial charge in [0.1, 0.15) is 18.4 Å². The number of nitrogens with zero attached hydrogens (tertiary/aromatic N) is 3. The van der Waals surface area contributed by atoms with Crippen LogP contribution in [0.5, 0.6) is 5.75 Å². The summed E-state index contributed by atoms with van der Waals surface area (Å²) in [7, 11) is 0. The fraction of sp³-hybridized carbons (Fsp3) is 0.579. The first-order valence-corrected chi connectivity index (χ1v) is 9.43. The number of rotatable bonds is 5. The van der Waals surface area contributed by atoms with E-state index in [1.54, 1.807) is 4.90 Å². The lowest BCUT2D eigenvalue weighted by atomic mass is 10.1. The Bertz CT molecular complexity index is 676. The van der Waals surface area contributed by atoms with Crippen molar-refractivity contribution in [2.45, 2.75) is 25.1 Å². The summed E-state index contributed by atoms with van der Waals surface area (Å²) < 4.78 is 43.9. The number of benzene rings is 1. The largest absolute Gasteiger partial charge is 0.492 e. The molecule has 0 aliphatic carbocycles. The molecular formula is C19H24F3N3O3. The number of piperazine rings is 1. The van der Waals surface area contributed by atoms with E-state index in [1.807, 2.05) is 30.3 Å². The van der Waals surface area contributed by atoms with E-state index >= 15 is 0 Å². The molecule has 2 aliphatic rings. The molecule has 2 fully saturated rings. The summed E-state index contributed by atoms with van der Waals surface area (Å²) in [6.07, 6.45) is -4.25. The summed E-state index contributed by atoms with van der Waals surface area (Å²) in [6.45, 7) is 3.34. The zero-order valence-corrected chi connectivity index (χ0v) is 15.5. The normalized spacial score (nSPS) is 21.0. The van der Waals surface area contributed by atoms with Crippen LogP contribution in [0.1, 0.15) is 12.8 Å². The first-order valence-electron chi connectivity index (χ1n) is 9.43. The Morgan fingerprint density at radius 1 is 1.04 bits per heavy atom. The van der Waals surface area contributed by atoms with E-state index in [0.717, 1.165) is 5.75 Å². The summed E-state index contributed by atoms with van der Waals surface area (Å²) in [4.78, 5) is 28.6. The minimum absolute atomic E-state index is 0.0223. The molecule has 2 aliphatic heterocycles. The van der Waals surface area contributed by atoms with Crippen LogP contribution in [-0.2, 0) is 9.59 Å². The molecule has 1 aromatic rings. The minimum atomic E-state index is -4.94. The van der Waals surface area contributed by atoms with E-state index < -0.39 is 18.1 Å². The number of carbonyl (C=O) groups is 2. The van der Waals surface area contributed by atoms with Crippen LogP contribution in [-0.4, -0.2) is 84.6 Å². The van der Waals surface area contributed by atoms with Gasteiger partial charge in [-0.05, 0) is 25.0 Å². The highest BCUT2D eigenvalue weighted by Gasteiger charge is 2.48. The molecule has 2 saturated heterocycles. The second-order valence-electron chi connectivity index (χ2n) is 6.98. The van der Waals surface area contributed by atoms with Crippen molar-refractivity contribution in [2.75, 3.05) is 45.9 Å². The van der Waals surface area contributed by atoms with Crippen molar-refractivity contribution in [3.05, 3.63) is 30.3 Å². The van der Waals surface area contributed by atoms with E-state index in [4.69, 9.17) is 4.74 Å². The molecule has 0 bridgehead atoms. The van der Waals surface area contributed by atoms with Gasteiger partial charge in [0, 0.05) is 39.3 Å². The maximum Gasteiger partial charge on any atom is 0.471 e. The summed E-state index contributed by atoms with van der Waals surface area (Å²) in [5, 5.41) is 0. The fourth-order valence-electron chi connectivity index (χ4n) is 3.64. The Kier molecular flexibility index (Phi) is 6.43. The van der Waals surface area contributed by atoms with Gasteiger partial charge < -0.3 is 14.5 Å². The van der Waals surface area contributed by atoms with Crippen molar-refractivity contribution in [2.24, 2.45) is 0 Å². The third-order valence-corrected chi connectivity index (χ3v) is 5.14. The van der Waals surface area contributed by atoms with Gasteiger partial charge in [0.15, 0.2) is 0 Å². The number of ether oxygens (including phenoxy) is 1. The Morgan fingerprint density at radius 2 is 1.71 bits per heavy atom. The van der Waals surface area contributed by atoms with Crippen molar-refractivity contribution in [1.82, 2.24) is 14.7 Å². The Labute approximate surface area is 161 Å². The van der Waals surface area contributed by atoms with Crippen LogP contribution in [0.4, 0.5) is 13.2 Å². The Balaban J connectivity index is 1.45. The minimum Gasteiger partial charge on any atom is -0.492 e. The van der Waals surface area contributed by atoms with E-state index in [2.05, 4.69) is 4.90 Å². The summed E-state index contributed by atoms with van der Waals surface area (Å²) in [6, 6.07) is 8.47. The molecule has 0 radical (unpaired) electrons. The molecule has 1 aromatic carbocycles. The number of likely N-dealkylation sites (tertiary alicyclic amines) is 1. The summed E-state index contributed by atoms with van der Waals surface area (Å²) in [5.41, 5.74) is 0. The molecule has 0 N–H and O–H groups in total. The van der Waals surface area contributed by atoms with Crippen LogP contribution in [0.2, 0.25) is 0 Å². The van der Waals surface area contributed by atoms with Crippen molar-refractivity contribution in [1.29, 1.82) is 0 Å². The molecule has 1 unspecified atom stereocenters. The van der Waals surface area contributed by atoms with Gasteiger partial charge in [-0.2, -0.15) is 13.2 Å². The van der Waals surface area contributed by atoms with Gasteiger partial charge in [-0.15, -0.1) is 0 Å². The van der Waals surface area contributed by atoms with Crippen LogP contribution in [0.15, 0.2) is 30.3 Å². The first kappa shape index (κ1) is 20.4. The maximum atomic E-state index is 12.7. The highest BCUT2D eigenvalue weighted by molar-refractivity contribution is 5.90. The van der Waals surface area contributed by atoms with Gasteiger partial charge in [-0.1, -0.05) is 18.2 Å². The zero-order chi connectivity index (χ0) is 20.1. The second kappa shape index (κ2) is 8.81. The topological polar surface area (TPSA) is 53.1 Å². The molecule has 3 rings (SSSR count). The Morgan fingerprint density at radius 3 is 2.36 bits per heavy atom. The quantitative estimate of drug-likeness (QED) is 0.757. The SMILES string of the molecule is O=C(C1CCCN1C(=O)C(F)(F)F)N1CCN(CCOc2ccccc2)CC1. The lowest BCUT2D eigenvalue weighted by molar-refractivity contribution is -0.187. The highest BCUT2D eigenvalue weighted by Crippen LogP contribution is 2.27. The molecule has 0 saturated carbocycles. The second-order valence-corrected chi connectivity index (χ2v) is 6.98. The monoisotopic (exact) mass is 399 g/mol. The fourth-order valence-corrected chi connectivity index (χ4v) is 3.64. The van der Waals surface area contributed by atoms with Crippen LogP contribution >= 0.6 is 0 Å². The summed E-state index contributed by atoms with van der Waals surface area (Å²) in [5.74, 6) is -1.50. The van der Waals surface area contributed by atoms with E-state index in [9.17, 15) is 22.8 Å². The van der Waals surface area contributed by atoms with Crippen molar-refractivity contribution < 1.29 is 27.5 Å². The maximum absolute atomic E-state index is 12.7. The number of hydrogen-bond donors (Lipinski definition) is 0. The number of hydrogen-bond acceptors (Lipinski definition) is 4. The molecule has 154 valence electrons. The van der Waals surface area contributed by atoms with Crippen molar-refractivity contribution in [3.63, 3.8) is 0 Å². The van der Waals surface area contributed by atoms with E-state index in [0.29, 0.717) is 50.7 Å². The van der Waals surface area contributed by atoms with E-state index in [-0.39, 0.29) is 18.9 Å². The number of alkyl halides is 3. The zero-order valence-electron chi connectivity index (χ0n) is 15.5. The van der Waals surface area contributed by atoms with Crippen LogP contribution < -0.4 is 4.74 Å². The van der Waals surface area contributed by atoms with Gasteiger partial charge >= 0.3 is 12.1 Å². The molecule has 9 heteroatoms. The first-order chi connectivity index (χ1) is 13.4. The molecule has 1 atom stereocenters. The average molecular weight is 399 g/mol. The summed E-state index contributed by atoms with van der Waals surface area (Å²) >= 11 is 0. The van der Waals surface area contributed by atoms with Gasteiger partial charge in [0.2, 0.25) is 5.91 Å². The molecule has 2 amide bonds. The molecule has 0 aromatic heterocycles. The predicted molar refractivity (Wildman–Crippen MR) is 95.7 cm³/mol. The average Bonchev–Trinajstić information content (AvgIpc) is 3.17. The van der Waals surface area contributed by atoms with Gasteiger partial charge in [0.25, 0.3) is 0 Å². The lowest BCUT2D eigenvalue weighted by Crippen LogP contribution is -2.56. The van der Waals surface area contributed by atoms with Crippen LogP contribution in [0.3, 0.4) is 0 Å².